The molecule has 0 bridgehead atoms. The number of rotatable bonds is 0. The van der Waals surface area contributed by atoms with Crippen LogP contribution in [0.2, 0.25) is 0 Å². The molecule has 1 radical (unpaired) electrons. The van der Waals surface area contributed by atoms with Crippen molar-refractivity contribution in [3.63, 3.8) is 0 Å². The van der Waals surface area contributed by atoms with Crippen LogP contribution >= 0.6 is 0 Å². The minimum atomic E-state index is 0. The molecule has 0 aliphatic rings. The van der Waals surface area contributed by atoms with E-state index in [2.05, 4.69) is 0 Å². The largest absolute Gasteiger partial charge is 0 e. The molecule has 0 rings (SSSR count). The van der Waals surface area contributed by atoms with E-state index in [0.717, 1.165) is 0 Å². The van der Waals surface area contributed by atoms with Gasteiger partial charge in [0.05, 0.1) is 0 Å². The molecular weight excluding hydrogens is 453 g/mol. The van der Waals surface area contributed by atoms with E-state index in [4.69, 9.17) is 0 Å². The smallest absolute Gasteiger partial charge is 0 e. The summed E-state index contributed by atoms with van der Waals surface area (Å²) < 4.78 is 0. The Morgan fingerprint density at radius 2 is 1.00 bits per heavy atom. The molecule has 0 aromatic rings. The molecule has 0 N–H and O–H groups in total. The molecular formula is H6BiCuInZn. The van der Waals surface area contributed by atoms with Gasteiger partial charge in [-0.15, -0.1) is 0 Å². The summed E-state index contributed by atoms with van der Waals surface area (Å²) in [6, 6.07) is 0. The summed E-state index contributed by atoms with van der Waals surface area (Å²) in [5, 5.41) is 0. The zero-order chi connectivity index (χ0) is 0. The third-order valence-corrected chi connectivity index (χ3v) is 0. The molecule has 0 fully saturated rings. The topological polar surface area (TPSA) is 0 Å². The zero-order valence-electron chi connectivity index (χ0n) is 1.72. The Morgan fingerprint density at radius 3 is 1.00 bits per heavy atom. The van der Waals surface area contributed by atoms with E-state index in [1.165, 1.54) is 0 Å². The van der Waals surface area contributed by atoms with Crippen molar-refractivity contribution in [1.29, 1.82) is 0 Å². The van der Waals surface area contributed by atoms with Crippen LogP contribution in [0.1, 0.15) is 0 Å². The normalized spacial score (nSPS) is 0. The zero-order valence-corrected chi connectivity index (χ0v) is 11.1. The van der Waals surface area contributed by atoms with Gasteiger partial charge in [-0.05, 0) is 0 Å². The number of hydrogen-bond donors (Lipinski definition) is 0. The Labute approximate surface area is 87.0 Å². The van der Waals surface area contributed by atoms with Crippen molar-refractivity contribution in [1.82, 2.24) is 0 Å². The maximum Gasteiger partial charge on any atom is 0 e. The summed E-state index contributed by atoms with van der Waals surface area (Å²) in [5.41, 5.74) is 0. The van der Waals surface area contributed by atoms with Crippen LogP contribution in [0, 0.1) is 0 Å². The summed E-state index contributed by atoms with van der Waals surface area (Å²) in [6.07, 6.45) is 0. The van der Waals surface area contributed by atoms with Gasteiger partial charge in [-0.25, -0.2) is 0 Å². The van der Waals surface area contributed by atoms with Crippen molar-refractivity contribution in [2.45, 2.75) is 0 Å². The van der Waals surface area contributed by atoms with Gasteiger partial charge >= 0.3 is 52.0 Å². The van der Waals surface area contributed by atoms with Gasteiger partial charge in [0, 0.05) is 36.5 Å². The van der Waals surface area contributed by atoms with E-state index in [0.29, 0.717) is 0 Å². The molecule has 0 atom stereocenters. The molecule has 0 aromatic carbocycles. The molecule has 0 unspecified atom stereocenters. The fourth-order valence-corrected chi connectivity index (χ4v) is 0. The van der Waals surface area contributed by atoms with Gasteiger partial charge in [0.15, 0.2) is 0 Å². The Morgan fingerprint density at radius 1 is 1.00 bits per heavy atom. The second kappa shape index (κ2) is 16.9. The average molecular weight is 459 g/mol. The van der Waals surface area contributed by atoms with E-state index in [9.17, 15) is 0 Å². The fourth-order valence-electron chi connectivity index (χ4n) is 0. The molecule has 0 spiro atoms. The van der Waals surface area contributed by atoms with Crippen molar-refractivity contribution >= 4 is 52.0 Å². The fraction of sp³-hybridized carbons (Fsp3) is 0. The minimum Gasteiger partial charge on any atom is 0 e. The van der Waals surface area contributed by atoms with Crippen molar-refractivity contribution in [2.75, 3.05) is 0 Å². The summed E-state index contributed by atoms with van der Waals surface area (Å²) >= 11 is 0. The molecule has 0 saturated heterocycles. The monoisotopic (exact) mass is 457 g/mol. The first-order valence-electron chi connectivity index (χ1n) is 0. The second-order valence-electron chi connectivity index (χ2n) is 0. The van der Waals surface area contributed by atoms with Crippen LogP contribution in [0.15, 0.2) is 0 Å². The Bertz CT molecular complexity index is 8.00. The first-order chi connectivity index (χ1) is 0. The average Bonchev–Trinajstić information content (AvgIpc) is 0. The van der Waals surface area contributed by atoms with Gasteiger partial charge in [0.1, 0.15) is 0 Å². The molecule has 4 heteroatoms. The third-order valence-electron chi connectivity index (χ3n) is 0. The van der Waals surface area contributed by atoms with Crippen molar-refractivity contribution < 1.29 is 36.5 Å². The molecule has 4 heavy (non-hydrogen) atoms. The summed E-state index contributed by atoms with van der Waals surface area (Å²) in [6.45, 7) is 0. The summed E-state index contributed by atoms with van der Waals surface area (Å²) in [7, 11) is 0. The van der Waals surface area contributed by atoms with Crippen LogP contribution < -0.4 is 0 Å². The Kier molecular flexibility index (Phi) is 120. The van der Waals surface area contributed by atoms with Gasteiger partial charge in [-0.3, -0.25) is 0 Å². The van der Waals surface area contributed by atoms with Gasteiger partial charge in [-0.2, -0.15) is 0 Å². The maximum atomic E-state index is 0. The second-order valence-corrected chi connectivity index (χ2v) is 0. The minimum absolute atomic E-state index is 0. The predicted octanol–water partition coefficient (Wildman–Crippen LogP) is -2.37. The van der Waals surface area contributed by atoms with Crippen molar-refractivity contribution in [2.24, 2.45) is 0 Å². The van der Waals surface area contributed by atoms with Crippen molar-refractivity contribution in [3.8, 4) is 0 Å². The van der Waals surface area contributed by atoms with Gasteiger partial charge < -0.3 is 0 Å². The Balaban J connectivity index is 0. The maximum absolute atomic E-state index is 0. The first-order valence-corrected chi connectivity index (χ1v) is 0. The molecule has 0 saturated carbocycles. The summed E-state index contributed by atoms with van der Waals surface area (Å²) in [5.74, 6) is 0. The molecule has 0 aliphatic carbocycles. The first kappa shape index (κ1) is 28.6. The predicted molar refractivity (Wildman–Crippen MR) is 19.9 cm³/mol. The van der Waals surface area contributed by atoms with Crippen LogP contribution in [0.25, 0.3) is 0 Å². The molecule has 0 aromatic heterocycles. The van der Waals surface area contributed by atoms with Crippen LogP contribution in [-0.2, 0) is 36.5 Å². The van der Waals surface area contributed by atoms with Gasteiger partial charge in [0.2, 0.25) is 0 Å². The van der Waals surface area contributed by atoms with E-state index in [1.807, 2.05) is 0 Å². The number of hydrogen-bond acceptors (Lipinski definition) is 0. The molecule has 0 heterocycles. The quantitative estimate of drug-likeness (QED) is 0.356. The van der Waals surface area contributed by atoms with Gasteiger partial charge in [0.25, 0.3) is 0 Å². The van der Waals surface area contributed by atoms with E-state index < -0.39 is 0 Å². The van der Waals surface area contributed by atoms with Gasteiger partial charge in [-0.1, -0.05) is 0 Å². The third kappa shape index (κ3) is 8.86. The van der Waals surface area contributed by atoms with Crippen LogP contribution in [0.3, 0.4) is 0 Å². The van der Waals surface area contributed by atoms with E-state index in [1.54, 1.807) is 0 Å². The van der Waals surface area contributed by atoms with E-state index in [-0.39, 0.29) is 88.6 Å². The SMILES string of the molecule is [BiH3].[Cu].[InH3].[Zn]. The van der Waals surface area contributed by atoms with E-state index >= 15 is 0 Å². The van der Waals surface area contributed by atoms with Crippen LogP contribution in [-0.4, -0.2) is 52.0 Å². The van der Waals surface area contributed by atoms with Crippen molar-refractivity contribution in [3.05, 3.63) is 0 Å². The molecule has 0 nitrogen and oxygen atoms in total. The molecule has 27 valence electrons. The van der Waals surface area contributed by atoms with Crippen LogP contribution in [0.5, 0.6) is 0 Å². The summed E-state index contributed by atoms with van der Waals surface area (Å²) in [4.78, 5) is 0. The standard InChI is InChI=1S/Bi.Cu.In.Zn.6H. The molecule has 0 amide bonds. The molecule has 0 aliphatic heterocycles. The Hall–Kier alpha value is 2.90. The van der Waals surface area contributed by atoms with Crippen LogP contribution in [0.4, 0.5) is 0 Å².